The highest BCUT2D eigenvalue weighted by molar-refractivity contribution is 7.12. The topological polar surface area (TPSA) is 17.1 Å². The van der Waals surface area contributed by atoms with Crippen LogP contribution in [-0.2, 0) is 5.41 Å². The van der Waals surface area contributed by atoms with E-state index in [2.05, 4.69) is 12.1 Å². The Kier molecular flexibility index (Phi) is 2.18. The van der Waals surface area contributed by atoms with Crippen molar-refractivity contribution in [2.75, 3.05) is 0 Å². The summed E-state index contributed by atoms with van der Waals surface area (Å²) in [6.45, 7) is 0. The summed E-state index contributed by atoms with van der Waals surface area (Å²) in [5.41, 5.74) is 0.972. The summed E-state index contributed by atoms with van der Waals surface area (Å²) in [5.74, 6) is 0.300. The van der Waals surface area contributed by atoms with Crippen LogP contribution in [0.3, 0.4) is 0 Å². The quantitative estimate of drug-likeness (QED) is 0.733. The molecule has 1 aromatic heterocycles. The SMILES string of the molecule is O=C(c1cccs1)C1(c2ccccc2)CC1. The van der Waals surface area contributed by atoms with Gasteiger partial charge in [-0.2, -0.15) is 0 Å². The first-order valence-corrected chi connectivity index (χ1v) is 6.35. The van der Waals surface area contributed by atoms with E-state index in [0.717, 1.165) is 17.7 Å². The molecule has 2 heteroatoms. The van der Waals surface area contributed by atoms with E-state index >= 15 is 0 Å². The Morgan fingerprint density at radius 3 is 2.38 bits per heavy atom. The van der Waals surface area contributed by atoms with Gasteiger partial charge in [0.25, 0.3) is 0 Å². The van der Waals surface area contributed by atoms with E-state index < -0.39 is 0 Å². The maximum Gasteiger partial charge on any atom is 0.183 e. The number of rotatable bonds is 3. The minimum absolute atomic E-state index is 0.202. The fraction of sp³-hybridized carbons (Fsp3) is 0.214. The smallest absolute Gasteiger partial charge is 0.183 e. The molecule has 0 spiro atoms. The molecule has 1 nitrogen and oxygen atoms in total. The van der Waals surface area contributed by atoms with Crippen LogP contribution in [0.2, 0.25) is 0 Å². The molecule has 0 saturated heterocycles. The molecular formula is C14H12OS. The van der Waals surface area contributed by atoms with E-state index in [-0.39, 0.29) is 5.41 Å². The van der Waals surface area contributed by atoms with Gasteiger partial charge >= 0.3 is 0 Å². The van der Waals surface area contributed by atoms with E-state index in [9.17, 15) is 4.79 Å². The van der Waals surface area contributed by atoms with Gasteiger partial charge in [-0.15, -0.1) is 11.3 Å². The van der Waals surface area contributed by atoms with Crippen LogP contribution in [-0.4, -0.2) is 5.78 Å². The van der Waals surface area contributed by atoms with Gasteiger partial charge in [0, 0.05) is 0 Å². The molecule has 1 saturated carbocycles. The molecule has 1 aliphatic carbocycles. The van der Waals surface area contributed by atoms with E-state index in [1.54, 1.807) is 11.3 Å². The third kappa shape index (κ3) is 1.41. The lowest BCUT2D eigenvalue weighted by Crippen LogP contribution is -2.19. The minimum atomic E-state index is -0.202. The van der Waals surface area contributed by atoms with Crippen LogP contribution in [0.4, 0.5) is 0 Å². The second-order valence-electron chi connectivity index (χ2n) is 4.25. The van der Waals surface area contributed by atoms with Crippen LogP contribution in [0.25, 0.3) is 0 Å². The molecule has 1 heterocycles. The summed E-state index contributed by atoms with van der Waals surface area (Å²) < 4.78 is 0. The summed E-state index contributed by atoms with van der Waals surface area (Å²) in [5, 5.41) is 1.97. The van der Waals surface area contributed by atoms with Gasteiger partial charge in [-0.1, -0.05) is 36.4 Å². The van der Waals surface area contributed by atoms with Gasteiger partial charge in [0.15, 0.2) is 5.78 Å². The molecule has 0 atom stereocenters. The van der Waals surface area contributed by atoms with Crippen LogP contribution < -0.4 is 0 Å². The molecule has 1 aromatic carbocycles. The standard InChI is InChI=1S/C14H12OS/c15-13(12-7-4-10-16-12)14(8-9-14)11-5-2-1-3-6-11/h1-7,10H,8-9H2. The third-order valence-corrected chi connectivity index (χ3v) is 4.12. The molecular weight excluding hydrogens is 216 g/mol. The minimum Gasteiger partial charge on any atom is -0.292 e. The number of hydrogen-bond donors (Lipinski definition) is 0. The molecule has 0 aliphatic heterocycles. The first-order valence-electron chi connectivity index (χ1n) is 5.47. The van der Waals surface area contributed by atoms with Crippen LogP contribution in [0.5, 0.6) is 0 Å². The summed E-state index contributed by atoms with van der Waals surface area (Å²) in [4.78, 5) is 13.3. The molecule has 16 heavy (non-hydrogen) atoms. The van der Waals surface area contributed by atoms with Crippen molar-refractivity contribution in [2.45, 2.75) is 18.3 Å². The zero-order valence-corrected chi connectivity index (χ0v) is 9.67. The first-order chi connectivity index (χ1) is 7.83. The molecule has 0 N–H and O–H groups in total. The monoisotopic (exact) mass is 228 g/mol. The number of carbonyl (C=O) groups is 1. The van der Waals surface area contributed by atoms with Gasteiger partial charge < -0.3 is 0 Å². The Morgan fingerprint density at radius 1 is 1.06 bits per heavy atom. The molecule has 0 radical (unpaired) electrons. The highest BCUT2D eigenvalue weighted by Gasteiger charge is 2.51. The predicted octanol–water partition coefficient (Wildman–Crippen LogP) is 3.66. The highest BCUT2D eigenvalue weighted by Crippen LogP contribution is 2.50. The van der Waals surface area contributed by atoms with Crippen LogP contribution in [0.15, 0.2) is 47.8 Å². The largest absolute Gasteiger partial charge is 0.292 e. The summed E-state index contributed by atoms with van der Waals surface area (Å²) >= 11 is 1.54. The number of thiophene rings is 1. The molecule has 3 rings (SSSR count). The second kappa shape index (κ2) is 3.56. The van der Waals surface area contributed by atoms with Crippen LogP contribution in [0, 0.1) is 0 Å². The summed E-state index contributed by atoms with van der Waals surface area (Å²) in [6.07, 6.45) is 1.99. The molecule has 0 unspecified atom stereocenters. The third-order valence-electron chi connectivity index (χ3n) is 3.26. The van der Waals surface area contributed by atoms with Crippen molar-refractivity contribution in [1.82, 2.24) is 0 Å². The van der Waals surface area contributed by atoms with Gasteiger partial charge in [-0.05, 0) is 29.9 Å². The van der Waals surface area contributed by atoms with Crippen molar-refractivity contribution in [1.29, 1.82) is 0 Å². The average Bonchev–Trinajstić information content (AvgIpc) is 2.97. The summed E-state index contributed by atoms with van der Waals surface area (Å²) in [6, 6.07) is 14.0. The maximum absolute atomic E-state index is 12.4. The normalized spacial score (nSPS) is 17.0. The highest BCUT2D eigenvalue weighted by atomic mass is 32.1. The zero-order valence-electron chi connectivity index (χ0n) is 8.85. The average molecular weight is 228 g/mol. The van der Waals surface area contributed by atoms with Crippen LogP contribution >= 0.6 is 11.3 Å². The van der Waals surface area contributed by atoms with E-state index in [1.807, 2.05) is 35.7 Å². The lowest BCUT2D eigenvalue weighted by atomic mass is 9.90. The van der Waals surface area contributed by atoms with Crippen molar-refractivity contribution in [3.05, 3.63) is 58.3 Å². The molecule has 1 fully saturated rings. The number of ketones is 1. The lowest BCUT2D eigenvalue weighted by molar-refractivity contribution is 0.0950. The van der Waals surface area contributed by atoms with Gasteiger partial charge in [-0.25, -0.2) is 0 Å². The Bertz CT molecular complexity index is 495. The first kappa shape index (κ1) is 9.79. The van der Waals surface area contributed by atoms with E-state index in [1.165, 1.54) is 5.56 Å². The van der Waals surface area contributed by atoms with E-state index in [0.29, 0.717) is 5.78 Å². The molecule has 0 amide bonds. The molecule has 0 bridgehead atoms. The maximum atomic E-state index is 12.4. The van der Waals surface area contributed by atoms with Gasteiger partial charge in [0.1, 0.15) is 0 Å². The Balaban J connectivity index is 1.98. The lowest BCUT2D eigenvalue weighted by Gasteiger charge is -2.12. The zero-order chi connectivity index (χ0) is 11.0. The second-order valence-corrected chi connectivity index (χ2v) is 5.20. The molecule has 2 aromatic rings. The van der Waals surface area contributed by atoms with E-state index in [4.69, 9.17) is 0 Å². The van der Waals surface area contributed by atoms with Gasteiger partial charge in [-0.3, -0.25) is 4.79 Å². The number of benzene rings is 1. The summed E-state index contributed by atoms with van der Waals surface area (Å²) in [7, 11) is 0. The van der Waals surface area contributed by atoms with Crippen molar-refractivity contribution < 1.29 is 4.79 Å². The number of hydrogen-bond acceptors (Lipinski definition) is 2. The number of carbonyl (C=O) groups excluding carboxylic acids is 1. The Labute approximate surface area is 98.7 Å². The Hall–Kier alpha value is -1.41. The van der Waals surface area contributed by atoms with Gasteiger partial charge in [0.05, 0.1) is 10.3 Å². The van der Waals surface area contributed by atoms with Crippen molar-refractivity contribution in [2.24, 2.45) is 0 Å². The molecule has 1 aliphatic rings. The number of Topliss-reactive ketones (excluding diaryl/α,β-unsaturated/α-hetero) is 1. The predicted molar refractivity (Wildman–Crippen MR) is 66.0 cm³/mol. The van der Waals surface area contributed by atoms with Crippen molar-refractivity contribution in [3.8, 4) is 0 Å². The van der Waals surface area contributed by atoms with Gasteiger partial charge in [0.2, 0.25) is 0 Å². The molecule has 80 valence electrons. The van der Waals surface area contributed by atoms with Crippen molar-refractivity contribution in [3.63, 3.8) is 0 Å². The Morgan fingerprint density at radius 2 is 1.81 bits per heavy atom. The van der Waals surface area contributed by atoms with Crippen LogP contribution in [0.1, 0.15) is 28.1 Å². The van der Waals surface area contributed by atoms with Crippen molar-refractivity contribution >= 4 is 17.1 Å². The fourth-order valence-electron chi connectivity index (χ4n) is 2.17. The fourth-order valence-corrected chi connectivity index (χ4v) is 2.94.